The van der Waals surface area contributed by atoms with Crippen LogP contribution in [0.3, 0.4) is 0 Å². The molecule has 1 aliphatic carbocycles. The number of aryl methyl sites for hydroxylation is 2. The van der Waals surface area contributed by atoms with E-state index in [1.54, 1.807) is 0 Å². The number of amides is 1. The van der Waals surface area contributed by atoms with E-state index in [1.807, 2.05) is 26.2 Å². The number of ether oxygens (including phenoxy) is 1. The molecule has 0 radical (unpaired) electrons. The van der Waals surface area contributed by atoms with Crippen molar-refractivity contribution in [3.05, 3.63) is 51.7 Å². The summed E-state index contributed by atoms with van der Waals surface area (Å²) in [5, 5.41) is 4.99. The molecule has 0 spiro atoms. The molecule has 1 amide bonds. The molecule has 2 aromatic rings. The van der Waals surface area contributed by atoms with E-state index in [4.69, 9.17) is 4.74 Å². The molecule has 2 unspecified atom stereocenters. The zero-order valence-corrected chi connectivity index (χ0v) is 21.2. The predicted octanol–water partition coefficient (Wildman–Crippen LogP) is 7.56. The molecule has 1 aromatic carbocycles. The minimum atomic E-state index is -0.360. The molecule has 5 heteroatoms. The highest BCUT2D eigenvalue weighted by molar-refractivity contribution is 7.12. The van der Waals surface area contributed by atoms with Crippen molar-refractivity contribution in [2.24, 2.45) is 11.8 Å². The maximum atomic E-state index is 13.2. The van der Waals surface area contributed by atoms with Gasteiger partial charge in [0.1, 0.15) is 4.88 Å². The van der Waals surface area contributed by atoms with E-state index in [1.165, 1.54) is 55.4 Å². The second-order valence-electron chi connectivity index (χ2n) is 9.72. The highest BCUT2D eigenvalue weighted by Crippen LogP contribution is 2.34. The first-order valence-electron chi connectivity index (χ1n) is 12.6. The summed E-state index contributed by atoms with van der Waals surface area (Å²) in [7, 11) is 0. The first kappa shape index (κ1) is 25.5. The zero-order chi connectivity index (χ0) is 23.6. The fourth-order valence-electron chi connectivity index (χ4n) is 4.91. The Bertz CT molecular complexity index is 890. The summed E-state index contributed by atoms with van der Waals surface area (Å²) in [6.45, 7) is 5.60. The summed E-state index contributed by atoms with van der Waals surface area (Å²) in [6.07, 6.45) is 11.2. The van der Waals surface area contributed by atoms with Gasteiger partial charge in [-0.25, -0.2) is 4.79 Å². The van der Waals surface area contributed by atoms with E-state index in [0.29, 0.717) is 28.8 Å². The van der Waals surface area contributed by atoms with Gasteiger partial charge in [0.15, 0.2) is 0 Å². The summed E-state index contributed by atoms with van der Waals surface area (Å²) >= 11 is 1.34. The molecule has 0 aliphatic heterocycles. The van der Waals surface area contributed by atoms with E-state index in [0.717, 1.165) is 24.8 Å². The molecule has 33 heavy (non-hydrogen) atoms. The lowest BCUT2D eigenvalue weighted by atomic mass is 9.79. The molecule has 0 bridgehead atoms. The molecule has 1 N–H and O–H groups in total. The fraction of sp³-hybridized carbons (Fsp3) is 0.571. The molecule has 1 aromatic heterocycles. The quantitative estimate of drug-likeness (QED) is 0.406. The smallest absolute Gasteiger partial charge is 0.350 e. The monoisotopic (exact) mass is 469 g/mol. The molecule has 0 saturated heterocycles. The molecule has 4 nitrogen and oxygen atoms in total. The summed E-state index contributed by atoms with van der Waals surface area (Å²) in [4.78, 5) is 26.2. The molecule has 1 aliphatic rings. The van der Waals surface area contributed by atoms with Gasteiger partial charge < -0.3 is 10.1 Å². The van der Waals surface area contributed by atoms with Gasteiger partial charge in [-0.3, -0.25) is 4.79 Å². The largest absolute Gasteiger partial charge is 0.459 e. The van der Waals surface area contributed by atoms with Crippen molar-refractivity contribution < 1.29 is 14.3 Å². The zero-order valence-electron chi connectivity index (χ0n) is 20.4. The van der Waals surface area contributed by atoms with Gasteiger partial charge in [0.2, 0.25) is 5.91 Å². The number of hydrogen-bond donors (Lipinski definition) is 1. The van der Waals surface area contributed by atoms with Crippen LogP contribution < -0.4 is 5.32 Å². The summed E-state index contributed by atoms with van der Waals surface area (Å²) in [5.41, 5.74) is 2.92. The Morgan fingerprint density at radius 1 is 1.03 bits per heavy atom. The van der Waals surface area contributed by atoms with Gasteiger partial charge >= 0.3 is 5.97 Å². The first-order valence-corrected chi connectivity index (χ1v) is 13.4. The van der Waals surface area contributed by atoms with Gasteiger partial charge in [0, 0.05) is 6.42 Å². The highest BCUT2D eigenvalue weighted by Gasteiger charge is 2.26. The van der Waals surface area contributed by atoms with Gasteiger partial charge in [-0.15, -0.1) is 11.3 Å². The lowest BCUT2D eigenvalue weighted by Gasteiger charge is -2.27. The fourth-order valence-corrected chi connectivity index (χ4v) is 5.79. The van der Waals surface area contributed by atoms with Gasteiger partial charge in [-0.2, -0.15) is 0 Å². The molecular weight excluding hydrogens is 430 g/mol. The van der Waals surface area contributed by atoms with Crippen LogP contribution in [0, 0.1) is 18.8 Å². The number of esters is 1. The predicted molar refractivity (Wildman–Crippen MR) is 137 cm³/mol. The number of benzene rings is 1. The van der Waals surface area contributed by atoms with E-state index >= 15 is 0 Å². The third kappa shape index (κ3) is 7.99. The Morgan fingerprint density at radius 3 is 2.39 bits per heavy atom. The third-order valence-electron chi connectivity index (χ3n) is 6.68. The normalized spacial score (nSPS) is 19.4. The topological polar surface area (TPSA) is 55.4 Å². The summed E-state index contributed by atoms with van der Waals surface area (Å²) in [6, 6.07) is 10.7. The molecule has 3 rings (SSSR count). The maximum absolute atomic E-state index is 13.2. The van der Waals surface area contributed by atoms with Crippen LogP contribution >= 0.6 is 11.3 Å². The van der Waals surface area contributed by atoms with E-state index in [9.17, 15) is 9.59 Å². The average molecular weight is 470 g/mol. The second kappa shape index (κ2) is 12.9. The Balaban J connectivity index is 1.68. The van der Waals surface area contributed by atoms with Crippen molar-refractivity contribution in [2.75, 3.05) is 5.32 Å². The van der Waals surface area contributed by atoms with Crippen LogP contribution in [0.25, 0.3) is 0 Å². The van der Waals surface area contributed by atoms with Gasteiger partial charge in [0.25, 0.3) is 0 Å². The standard InChI is InChI=1S/C28H39NO3S/c1-20(2)32-28(31)27-26(21(3)19-33-27)29-25(30)18-24-15-11-6-4-5-10-14-23(24)17-16-22-12-8-7-9-13-22/h7-9,12-13,19-20,23-24H,4-6,10-11,14-18H2,1-3H3,(H,29,30). The van der Waals surface area contributed by atoms with Crippen LogP contribution in [0.4, 0.5) is 5.69 Å². The lowest BCUT2D eigenvalue weighted by Crippen LogP contribution is -2.24. The van der Waals surface area contributed by atoms with Gasteiger partial charge in [-0.1, -0.05) is 68.9 Å². The van der Waals surface area contributed by atoms with E-state index in [2.05, 4.69) is 35.6 Å². The van der Waals surface area contributed by atoms with Crippen LogP contribution in [0.1, 0.15) is 92.4 Å². The number of nitrogens with one attached hydrogen (secondary N) is 1. The van der Waals surface area contributed by atoms with Crippen molar-refractivity contribution in [1.82, 2.24) is 0 Å². The maximum Gasteiger partial charge on any atom is 0.350 e. The summed E-state index contributed by atoms with van der Waals surface area (Å²) in [5.74, 6) is 0.602. The molecule has 2 atom stereocenters. The summed E-state index contributed by atoms with van der Waals surface area (Å²) < 4.78 is 5.38. The van der Waals surface area contributed by atoms with Crippen LogP contribution in [0.5, 0.6) is 0 Å². The highest BCUT2D eigenvalue weighted by atomic mass is 32.1. The SMILES string of the molecule is Cc1csc(C(=O)OC(C)C)c1NC(=O)CC1CCCCCCCC1CCc1ccccc1. The molecule has 1 heterocycles. The van der Waals surface area contributed by atoms with Crippen molar-refractivity contribution in [1.29, 1.82) is 0 Å². The van der Waals surface area contributed by atoms with Crippen molar-refractivity contribution in [3.63, 3.8) is 0 Å². The molecule has 180 valence electrons. The molecule has 1 saturated carbocycles. The lowest BCUT2D eigenvalue weighted by molar-refractivity contribution is -0.117. The molecule has 1 fully saturated rings. The van der Waals surface area contributed by atoms with Crippen molar-refractivity contribution in [2.45, 2.75) is 91.1 Å². The number of carbonyl (C=O) groups excluding carboxylic acids is 2. The van der Waals surface area contributed by atoms with Gasteiger partial charge in [0.05, 0.1) is 11.8 Å². The van der Waals surface area contributed by atoms with Crippen LogP contribution in [-0.2, 0) is 16.0 Å². The minimum absolute atomic E-state index is 0.0176. The van der Waals surface area contributed by atoms with Crippen molar-refractivity contribution >= 4 is 28.9 Å². The minimum Gasteiger partial charge on any atom is -0.459 e. The Kier molecular flexibility index (Phi) is 9.98. The number of thiophene rings is 1. The van der Waals surface area contributed by atoms with E-state index in [-0.39, 0.29) is 18.0 Å². The average Bonchev–Trinajstić information content (AvgIpc) is 3.18. The van der Waals surface area contributed by atoms with Crippen LogP contribution in [-0.4, -0.2) is 18.0 Å². The number of carbonyl (C=O) groups is 2. The Morgan fingerprint density at radius 2 is 1.70 bits per heavy atom. The molecular formula is C28H39NO3S. The van der Waals surface area contributed by atoms with Crippen LogP contribution in [0.15, 0.2) is 35.7 Å². The third-order valence-corrected chi connectivity index (χ3v) is 7.76. The Labute approximate surface area is 203 Å². The Hall–Kier alpha value is -2.14. The van der Waals surface area contributed by atoms with Crippen molar-refractivity contribution in [3.8, 4) is 0 Å². The number of anilines is 1. The van der Waals surface area contributed by atoms with E-state index < -0.39 is 0 Å². The van der Waals surface area contributed by atoms with Crippen LogP contribution in [0.2, 0.25) is 0 Å². The second-order valence-corrected chi connectivity index (χ2v) is 10.6. The van der Waals surface area contributed by atoms with Gasteiger partial charge in [-0.05, 0) is 68.4 Å². The number of rotatable bonds is 8. The number of hydrogen-bond acceptors (Lipinski definition) is 4. The first-order chi connectivity index (χ1) is 15.9.